The topological polar surface area (TPSA) is 59.6 Å². The van der Waals surface area contributed by atoms with Crippen LogP contribution in [-0.4, -0.2) is 13.0 Å². The van der Waals surface area contributed by atoms with Crippen LogP contribution in [0.15, 0.2) is 59.1 Å². The molecule has 0 spiro atoms. The van der Waals surface area contributed by atoms with Crippen LogP contribution in [0.4, 0.5) is 11.4 Å². The predicted molar refractivity (Wildman–Crippen MR) is 143 cm³/mol. The zero-order chi connectivity index (χ0) is 24.7. The molecule has 0 aliphatic rings. The van der Waals surface area contributed by atoms with E-state index in [4.69, 9.17) is 32.7 Å². The van der Waals surface area contributed by atoms with Gasteiger partial charge in [0.2, 0.25) is 5.91 Å². The molecule has 5 nitrogen and oxygen atoms in total. The van der Waals surface area contributed by atoms with E-state index >= 15 is 0 Å². The lowest BCUT2D eigenvalue weighted by Crippen LogP contribution is -2.13. The van der Waals surface area contributed by atoms with Gasteiger partial charge in [0.25, 0.3) is 0 Å². The Morgan fingerprint density at radius 2 is 1.76 bits per heavy atom. The second kappa shape index (κ2) is 12.3. The SMILES string of the molecule is COc1cc(CNc2cccc(NC(=O)CC(C)C)c2)cc(Br)c1OCc1ccc(Cl)c(Cl)c1. The van der Waals surface area contributed by atoms with Crippen molar-refractivity contribution in [3.8, 4) is 11.5 Å². The van der Waals surface area contributed by atoms with Crippen LogP contribution < -0.4 is 20.1 Å². The van der Waals surface area contributed by atoms with E-state index < -0.39 is 0 Å². The highest BCUT2D eigenvalue weighted by atomic mass is 79.9. The lowest BCUT2D eigenvalue weighted by atomic mass is 10.1. The Morgan fingerprint density at radius 3 is 2.47 bits per heavy atom. The summed E-state index contributed by atoms with van der Waals surface area (Å²) in [5, 5.41) is 7.32. The first-order valence-corrected chi connectivity index (χ1v) is 12.4. The molecular formula is C26H27BrCl2N2O3. The number of carbonyl (C=O) groups is 1. The van der Waals surface area contributed by atoms with Crippen molar-refractivity contribution in [2.75, 3.05) is 17.7 Å². The molecule has 8 heteroatoms. The molecule has 0 bridgehead atoms. The highest BCUT2D eigenvalue weighted by Crippen LogP contribution is 2.37. The fourth-order valence-corrected chi connectivity index (χ4v) is 4.22. The van der Waals surface area contributed by atoms with Gasteiger partial charge in [0.1, 0.15) is 6.61 Å². The number of ether oxygens (including phenoxy) is 2. The molecule has 1 amide bonds. The van der Waals surface area contributed by atoms with Crippen LogP contribution in [0, 0.1) is 5.92 Å². The third-order valence-corrected chi connectivity index (χ3v) is 6.22. The summed E-state index contributed by atoms with van der Waals surface area (Å²) in [6, 6.07) is 17.0. The Bertz CT molecular complexity index is 1150. The first-order valence-electron chi connectivity index (χ1n) is 10.8. The van der Waals surface area contributed by atoms with E-state index in [1.807, 2.05) is 56.3 Å². The predicted octanol–water partition coefficient (Wildman–Crippen LogP) is 7.94. The summed E-state index contributed by atoms with van der Waals surface area (Å²) in [4.78, 5) is 12.1. The fraction of sp³-hybridized carbons (Fsp3) is 0.269. The molecule has 0 aliphatic carbocycles. The van der Waals surface area contributed by atoms with Gasteiger partial charge in [-0.3, -0.25) is 4.79 Å². The van der Waals surface area contributed by atoms with E-state index in [9.17, 15) is 4.79 Å². The van der Waals surface area contributed by atoms with Gasteiger partial charge < -0.3 is 20.1 Å². The second-order valence-corrected chi connectivity index (χ2v) is 9.90. The maximum Gasteiger partial charge on any atom is 0.224 e. The van der Waals surface area contributed by atoms with Gasteiger partial charge in [-0.1, -0.05) is 49.2 Å². The van der Waals surface area contributed by atoms with E-state index in [1.165, 1.54) is 0 Å². The largest absolute Gasteiger partial charge is 0.493 e. The third-order valence-electron chi connectivity index (χ3n) is 4.89. The number of amides is 1. The average Bonchev–Trinajstić information content (AvgIpc) is 2.78. The number of hydrogen-bond donors (Lipinski definition) is 2. The number of methoxy groups -OCH3 is 1. The molecule has 2 N–H and O–H groups in total. The van der Waals surface area contributed by atoms with E-state index in [2.05, 4.69) is 26.6 Å². The van der Waals surface area contributed by atoms with Crippen molar-refractivity contribution in [3.05, 3.63) is 80.2 Å². The quantitative estimate of drug-likeness (QED) is 0.262. The molecule has 0 heterocycles. The van der Waals surface area contributed by atoms with E-state index in [1.54, 1.807) is 19.2 Å². The molecule has 0 unspecified atom stereocenters. The molecule has 0 saturated heterocycles. The summed E-state index contributed by atoms with van der Waals surface area (Å²) in [6.45, 7) is 4.92. The number of hydrogen-bond acceptors (Lipinski definition) is 4. The molecule has 0 aliphatic heterocycles. The average molecular weight is 566 g/mol. The minimum absolute atomic E-state index is 0.0114. The summed E-state index contributed by atoms with van der Waals surface area (Å²) in [5.74, 6) is 1.54. The highest BCUT2D eigenvalue weighted by Gasteiger charge is 2.13. The molecule has 0 aromatic heterocycles. The van der Waals surface area contributed by atoms with Gasteiger partial charge >= 0.3 is 0 Å². The Morgan fingerprint density at radius 1 is 1.00 bits per heavy atom. The van der Waals surface area contributed by atoms with Crippen LogP contribution in [-0.2, 0) is 17.9 Å². The Hall–Kier alpha value is -2.41. The van der Waals surface area contributed by atoms with Crippen LogP contribution in [0.5, 0.6) is 11.5 Å². The molecule has 0 fully saturated rings. The van der Waals surface area contributed by atoms with E-state index in [0.29, 0.717) is 47.0 Å². The number of benzene rings is 3. The summed E-state index contributed by atoms with van der Waals surface area (Å²) in [6.07, 6.45) is 0.491. The third kappa shape index (κ3) is 7.55. The molecule has 0 radical (unpaired) electrons. The van der Waals surface area contributed by atoms with Gasteiger partial charge in [0.05, 0.1) is 21.6 Å². The number of anilines is 2. The first kappa shape index (κ1) is 26.2. The first-order chi connectivity index (χ1) is 16.2. The number of halogens is 3. The van der Waals surface area contributed by atoms with Crippen LogP contribution in [0.3, 0.4) is 0 Å². The summed E-state index contributed by atoms with van der Waals surface area (Å²) < 4.78 is 12.3. The lowest BCUT2D eigenvalue weighted by molar-refractivity contribution is -0.116. The van der Waals surface area contributed by atoms with Crippen molar-refractivity contribution in [1.82, 2.24) is 0 Å². The molecule has 0 saturated carbocycles. The van der Waals surface area contributed by atoms with Gasteiger partial charge in [0.15, 0.2) is 11.5 Å². The minimum Gasteiger partial charge on any atom is -0.493 e. The van der Waals surface area contributed by atoms with Crippen molar-refractivity contribution >= 4 is 56.4 Å². The summed E-state index contributed by atoms with van der Waals surface area (Å²) >= 11 is 15.7. The molecule has 3 aromatic carbocycles. The second-order valence-electron chi connectivity index (χ2n) is 8.23. The Balaban J connectivity index is 1.66. The van der Waals surface area contributed by atoms with Gasteiger partial charge in [-0.2, -0.15) is 0 Å². The van der Waals surface area contributed by atoms with E-state index in [-0.39, 0.29) is 5.91 Å². The Labute approximate surface area is 218 Å². The monoisotopic (exact) mass is 564 g/mol. The van der Waals surface area contributed by atoms with Gasteiger partial charge in [0, 0.05) is 24.3 Å². The normalized spacial score (nSPS) is 10.8. The van der Waals surface area contributed by atoms with Crippen LogP contribution in [0.2, 0.25) is 10.0 Å². The molecule has 3 rings (SSSR count). The highest BCUT2D eigenvalue weighted by molar-refractivity contribution is 9.10. The van der Waals surface area contributed by atoms with Crippen molar-refractivity contribution in [3.63, 3.8) is 0 Å². The molecule has 0 atom stereocenters. The van der Waals surface area contributed by atoms with E-state index in [0.717, 1.165) is 27.0 Å². The van der Waals surface area contributed by atoms with Gasteiger partial charge in [-0.25, -0.2) is 0 Å². The van der Waals surface area contributed by atoms with Crippen LogP contribution in [0.1, 0.15) is 31.4 Å². The zero-order valence-electron chi connectivity index (χ0n) is 19.3. The Kier molecular flexibility index (Phi) is 9.51. The summed E-state index contributed by atoms with van der Waals surface area (Å²) in [7, 11) is 1.61. The van der Waals surface area contributed by atoms with Crippen LogP contribution in [0.25, 0.3) is 0 Å². The van der Waals surface area contributed by atoms with Crippen molar-refractivity contribution in [2.24, 2.45) is 5.92 Å². The summed E-state index contributed by atoms with van der Waals surface area (Å²) in [5.41, 5.74) is 3.56. The number of nitrogens with one attached hydrogen (secondary N) is 2. The standard InChI is InChI=1S/C26H27BrCl2N2O3/c1-16(2)9-25(32)31-20-6-4-5-19(13-20)30-14-18-10-21(27)26(24(12-18)33-3)34-15-17-7-8-22(28)23(29)11-17/h4-8,10-13,16,30H,9,14-15H2,1-3H3,(H,31,32). The maximum absolute atomic E-state index is 12.1. The molecule has 3 aromatic rings. The smallest absolute Gasteiger partial charge is 0.224 e. The lowest BCUT2D eigenvalue weighted by Gasteiger charge is -2.16. The van der Waals surface area contributed by atoms with Crippen LogP contribution >= 0.6 is 39.1 Å². The number of carbonyl (C=O) groups excluding carboxylic acids is 1. The van der Waals surface area contributed by atoms with Crippen molar-refractivity contribution < 1.29 is 14.3 Å². The maximum atomic E-state index is 12.1. The molecule has 34 heavy (non-hydrogen) atoms. The van der Waals surface area contributed by atoms with Gasteiger partial charge in [-0.15, -0.1) is 0 Å². The fourth-order valence-electron chi connectivity index (χ4n) is 3.29. The molecule has 180 valence electrons. The molecular weight excluding hydrogens is 539 g/mol. The minimum atomic E-state index is 0.0114. The van der Waals surface area contributed by atoms with Crippen molar-refractivity contribution in [1.29, 1.82) is 0 Å². The van der Waals surface area contributed by atoms with Gasteiger partial charge in [-0.05, 0) is 75.4 Å². The zero-order valence-corrected chi connectivity index (χ0v) is 22.4. The number of rotatable bonds is 10. The van der Waals surface area contributed by atoms with Crippen molar-refractivity contribution in [2.45, 2.75) is 33.4 Å².